The second-order valence-corrected chi connectivity index (χ2v) is 8.57. The van der Waals surface area contributed by atoms with E-state index in [0.717, 1.165) is 39.7 Å². The summed E-state index contributed by atoms with van der Waals surface area (Å²) >= 11 is 0. The van der Waals surface area contributed by atoms with E-state index in [1.54, 1.807) is 0 Å². The van der Waals surface area contributed by atoms with Crippen LogP contribution in [0.5, 0.6) is 11.5 Å². The van der Waals surface area contributed by atoms with Gasteiger partial charge in [0.2, 0.25) is 0 Å². The molecule has 0 aliphatic carbocycles. The molecule has 1 aliphatic heterocycles. The zero-order valence-corrected chi connectivity index (χ0v) is 19.6. The van der Waals surface area contributed by atoms with Crippen LogP contribution in [0.3, 0.4) is 0 Å². The van der Waals surface area contributed by atoms with Crippen LogP contribution in [0.2, 0.25) is 0 Å². The van der Waals surface area contributed by atoms with Gasteiger partial charge in [0.25, 0.3) is 0 Å². The number of para-hydroxylation sites is 1. The summed E-state index contributed by atoms with van der Waals surface area (Å²) in [5.74, 6) is 1.48. The van der Waals surface area contributed by atoms with E-state index in [1.165, 1.54) is 16.7 Å². The molecular weight excluding hydrogens is 410 g/mol. The van der Waals surface area contributed by atoms with Gasteiger partial charge >= 0.3 is 0 Å². The third-order valence-corrected chi connectivity index (χ3v) is 6.03. The normalized spacial score (nSPS) is 14.2. The molecule has 0 fully saturated rings. The van der Waals surface area contributed by atoms with Gasteiger partial charge in [-0.3, -0.25) is 0 Å². The van der Waals surface area contributed by atoms with E-state index in [2.05, 4.69) is 84.5 Å². The number of fused-ring (bicyclic) bond motifs is 3. The van der Waals surface area contributed by atoms with Crippen LogP contribution in [0, 0.1) is 20.8 Å². The van der Waals surface area contributed by atoms with Crippen LogP contribution in [0.15, 0.2) is 66.7 Å². The average molecular weight is 440 g/mol. The molecule has 0 spiro atoms. The van der Waals surface area contributed by atoms with E-state index in [4.69, 9.17) is 14.6 Å². The molecular formula is C28H29N3O2. The predicted molar refractivity (Wildman–Crippen MR) is 132 cm³/mol. The van der Waals surface area contributed by atoms with Gasteiger partial charge < -0.3 is 14.8 Å². The number of aromatic nitrogens is 2. The Morgan fingerprint density at radius 1 is 0.909 bits per heavy atom. The Morgan fingerprint density at radius 2 is 1.73 bits per heavy atom. The van der Waals surface area contributed by atoms with Crippen molar-refractivity contribution in [2.75, 3.05) is 11.9 Å². The minimum absolute atomic E-state index is 0.132. The number of aryl methyl sites for hydroxylation is 3. The number of ether oxygens (including phenoxy) is 2. The van der Waals surface area contributed by atoms with Crippen LogP contribution < -0.4 is 14.8 Å². The van der Waals surface area contributed by atoms with E-state index < -0.39 is 0 Å². The first kappa shape index (κ1) is 21.1. The first-order chi connectivity index (χ1) is 16.0. The zero-order valence-electron chi connectivity index (χ0n) is 19.6. The predicted octanol–water partition coefficient (Wildman–Crippen LogP) is 6.43. The van der Waals surface area contributed by atoms with Crippen molar-refractivity contribution in [1.29, 1.82) is 0 Å². The van der Waals surface area contributed by atoms with Crippen molar-refractivity contribution < 1.29 is 9.47 Å². The molecule has 1 unspecified atom stereocenters. The highest BCUT2D eigenvalue weighted by atomic mass is 16.5. The molecule has 33 heavy (non-hydrogen) atoms. The van der Waals surface area contributed by atoms with Crippen molar-refractivity contribution >= 4 is 5.69 Å². The molecule has 1 N–H and O–H groups in total. The van der Waals surface area contributed by atoms with Crippen molar-refractivity contribution in [3.05, 3.63) is 94.7 Å². The lowest BCUT2D eigenvalue weighted by molar-refractivity contribution is 0.269. The molecule has 0 radical (unpaired) electrons. The summed E-state index contributed by atoms with van der Waals surface area (Å²) in [5, 5.41) is 8.51. The van der Waals surface area contributed by atoms with E-state index >= 15 is 0 Å². The van der Waals surface area contributed by atoms with Crippen LogP contribution in [0.1, 0.15) is 41.0 Å². The second kappa shape index (κ2) is 8.66. The molecule has 5 heteroatoms. The summed E-state index contributed by atoms with van der Waals surface area (Å²) in [7, 11) is 0. The quantitative estimate of drug-likeness (QED) is 0.376. The molecule has 1 aromatic heterocycles. The minimum atomic E-state index is -0.132. The fraction of sp³-hybridized carbons (Fsp3) is 0.250. The second-order valence-electron chi connectivity index (χ2n) is 8.57. The smallest absolute Gasteiger partial charge is 0.161 e. The van der Waals surface area contributed by atoms with Crippen molar-refractivity contribution in [2.24, 2.45) is 0 Å². The fourth-order valence-electron chi connectivity index (χ4n) is 4.34. The van der Waals surface area contributed by atoms with Gasteiger partial charge in [-0.05, 0) is 57.0 Å². The Labute approximate surface area is 195 Å². The number of hydrogen-bond donors (Lipinski definition) is 1. The number of nitrogens with one attached hydrogen (secondary N) is 1. The van der Waals surface area contributed by atoms with E-state index in [9.17, 15) is 0 Å². The molecule has 0 amide bonds. The van der Waals surface area contributed by atoms with E-state index in [1.807, 2.05) is 19.9 Å². The summed E-state index contributed by atoms with van der Waals surface area (Å²) in [6, 6.07) is 23.1. The third-order valence-electron chi connectivity index (χ3n) is 6.03. The summed E-state index contributed by atoms with van der Waals surface area (Å²) < 4.78 is 14.2. The summed E-state index contributed by atoms with van der Waals surface area (Å²) in [6.07, 6.45) is -0.132. The van der Waals surface area contributed by atoms with E-state index in [0.29, 0.717) is 13.2 Å². The lowest BCUT2D eigenvalue weighted by Crippen LogP contribution is -2.26. The number of rotatable bonds is 6. The molecule has 5 rings (SSSR count). The average Bonchev–Trinajstić information content (AvgIpc) is 3.21. The Balaban J connectivity index is 1.48. The standard InChI is InChI=1S/C28H29N3O2/c1-5-32-26-16-22(13-14-25(26)33-17-21-11-9-18(2)10-12-21)28-29-27-19(3)7-6-8-23(27)24-15-20(4)30-31(24)28/h6-16,28-29H,5,17H2,1-4H3. The van der Waals surface area contributed by atoms with Gasteiger partial charge in [0.15, 0.2) is 11.5 Å². The molecule has 5 nitrogen and oxygen atoms in total. The van der Waals surface area contributed by atoms with Crippen molar-refractivity contribution in [3.8, 4) is 22.8 Å². The zero-order chi connectivity index (χ0) is 22.9. The molecule has 4 aromatic rings. The third kappa shape index (κ3) is 4.07. The Morgan fingerprint density at radius 3 is 2.52 bits per heavy atom. The van der Waals surface area contributed by atoms with Crippen LogP contribution in [0.4, 0.5) is 5.69 Å². The maximum atomic E-state index is 6.14. The van der Waals surface area contributed by atoms with Crippen molar-refractivity contribution in [1.82, 2.24) is 9.78 Å². The molecule has 1 aliphatic rings. The van der Waals surface area contributed by atoms with Gasteiger partial charge in [-0.1, -0.05) is 54.1 Å². The van der Waals surface area contributed by atoms with Crippen LogP contribution in [0.25, 0.3) is 11.3 Å². The number of anilines is 1. The largest absolute Gasteiger partial charge is 0.490 e. The summed E-state index contributed by atoms with van der Waals surface area (Å²) in [6.45, 7) is 9.31. The molecule has 3 aromatic carbocycles. The first-order valence-electron chi connectivity index (χ1n) is 11.4. The van der Waals surface area contributed by atoms with Crippen LogP contribution in [-0.4, -0.2) is 16.4 Å². The van der Waals surface area contributed by atoms with Gasteiger partial charge in [-0.25, -0.2) is 4.68 Å². The topological polar surface area (TPSA) is 48.3 Å². The van der Waals surface area contributed by atoms with Crippen LogP contribution in [-0.2, 0) is 6.61 Å². The summed E-state index contributed by atoms with van der Waals surface area (Å²) in [4.78, 5) is 0. The highest BCUT2D eigenvalue weighted by Gasteiger charge is 2.28. The van der Waals surface area contributed by atoms with Crippen molar-refractivity contribution in [3.63, 3.8) is 0 Å². The lowest BCUT2D eigenvalue weighted by Gasteiger charge is -2.30. The van der Waals surface area contributed by atoms with Gasteiger partial charge in [-0.2, -0.15) is 5.10 Å². The van der Waals surface area contributed by atoms with Gasteiger partial charge in [0, 0.05) is 16.8 Å². The maximum absolute atomic E-state index is 6.14. The van der Waals surface area contributed by atoms with Crippen molar-refractivity contribution in [2.45, 2.75) is 40.5 Å². The number of benzene rings is 3. The first-order valence-corrected chi connectivity index (χ1v) is 11.4. The molecule has 0 saturated carbocycles. The summed E-state index contributed by atoms with van der Waals surface area (Å²) in [5.41, 5.74) is 9.09. The molecule has 168 valence electrons. The monoisotopic (exact) mass is 439 g/mol. The minimum Gasteiger partial charge on any atom is -0.490 e. The Hall–Kier alpha value is -3.73. The Bertz CT molecular complexity index is 1290. The molecule has 1 atom stereocenters. The molecule has 2 heterocycles. The van der Waals surface area contributed by atoms with Gasteiger partial charge in [0.1, 0.15) is 12.8 Å². The molecule has 0 bridgehead atoms. The van der Waals surface area contributed by atoms with E-state index in [-0.39, 0.29) is 6.17 Å². The molecule has 0 saturated heterocycles. The maximum Gasteiger partial charge on any atom is 0.161 e. The van der Waals surface area contributed by atoms with Crippen LogP contribution >= 0.6 is 0 Å². The highest BCUT2D eigenvalue weighted by molar-refractivity contribution is 5.81. The van der Waals surface area contributed by atoms with Gasteiger partial charge in [0.05, 0.1) is 18.0 Å². The number of nitrogens with zero attached hydrogens (tertiary/aromatic N) is 2. The van der Waals surface area contributed by atoms with Gasteiger partial charge in [-0.15, -0.1) is 0 Å². The fourth-order valence-corrected chi connectivity index (χ4v) is 4.34. The highest BCUT2D eigenvalue weighted by Crippen LogP contribution is 2.41. The lowest BCUT2D eigenvalue weighted by atomic mass is 10.0. The Kier molecular flexibility index (Phi) is 5.55. The SMILES string of the molecule is CCOc1cc(C2Nc3c(C)cccc3-c3cc(C)nn32)ccc1OCc1ccc(C)cc1. The number of hydrogen-bond acceptors (Lipinski definition) is 4.